The lowest BCUT2D eigenvalue weighted by Gasteiger charge is -2.09. The molecule has 2 aromatic rings. The third-order valence-electron chi connectivity index (χ3n) is 2.62. The molecule has 94 valence electrons. The molecule has 0 spiro atoms. The first-order valence-corrected chi connectivity index (χ1v) is 6.31. The van der Waals surface area contributed by atoms with E-state index in [9.17, 15) is 0 Å². The molecule has 18 heavy (non-hydrogen) atoms. The zero-order chi connectivity index (χ0) is 13.0. The molecule has 0 aliphatic heterocycles. The van der Waals surface area contributed by atoms with Crippen LogP contribution in [0.1, 0.15) is 19.4 Å². The van der Waals surface area contributed by atoms with E-state index >= 15 is 0 Å². The highest BCUT2D eigenvalue weighted by Gasteiger charge is 2.07. The number of hydrogen-bond acceptors (Lipinski definition) is 4. The highest BCUT2D eigenvalue weighted by molar-refractivity contribution is 7.71. The summed E-state index contributed by atoms with van der Waals surface area (Å²) in [7, 11) is 0. The fourth-order valence-electron chi connectivity index (χ4n) is 1.81. The van der Waals surface area contributed by atoms with Crippen LogP contribution in [0.25, 0.3) is 11.3 Å². The van der Waals surface area contributed by atoms with Crippen LogP contribution in [0.5, 0.6) is 5.75 Å². The molecule has 0 atom stereocenters. The Morgan fingerprint density at radius 3 is 2.89 bits per heavy atom. The Morgan fingerprint density at radius 2 is 2.17 bits per heavy atom. The predicted molar refractivity (Wildman–Crippen MR) is 73.2 cm³/mol. The normalized spacial score (nSPS) is 10.3. The van der Waals surface area contributed by atoms with E-state index in [0.717, 1.165) is 29.0 Å². The van der Waals surface area contributed by atoms with Gasteiger partial charge in [-0.15, -0.1) is 0 Å². The molecule has 0 fully saturated rings. The average molecular weight is 261 g/mol. The Hall–Kier alpha value is -1.75. The summed E-state index contributed by atoms with van der Waals surface area (Å²) in [4.78, 5) is 11.4. The van der Waals surface area contributed by atoms with E-state index in [1.165, 1.54) is 0 Å². The van der Waals surface area contributed by atoms with Crippen molar-refractivity contribution >= 4 is 12.2 Å². The van der Waals surface area contributed by atoms with Crippen molar-refractivity contribution in [3.05, 3.63) is 35.0 Å². The third kappa shape index (κ3) is 2.56. The summed E-state index contributed by atoms with van der Waals surface area (Å²) in [6, 6.07) is 1.95. The Balaban J connectivity index is 2.51. The topological polar surface area (TPSA) is 50.8 Å². The summed E-state index contributed by atoms with van der Waals surface area (Å²) in [5.41, 5.74) is 2.96. The van der Waals surface area contributed by atoms with Crippen LogP contribution in [0.2, 0.25) is 0 Å². The van der Waals surface area contributed by atoms with Gasteiger partial charge in [0.1, 0.15) is 10.4 Å². The summed E-state index contributed by atoms with van der Waals surface area (Å²) in [5, 5.41) is 0. The van der Waals surface area contributed by atoms with Crippen molar-refractivity contribution in [3.8, 4) is 17.0 Å². The van der Waals surface area contributed by atoms with Crippen molar-refractivity contribution in [1.29, 1.82) is 0 Å². The first-order valence-electron chi connectivity index (χ1n) is 5.91. The van der Waals surface area contributed by atoms with E-state index in [1.807, 2.05) is 13.0 Å². The van der Waals surface area contributed by atoms with E-state index in [2.05, 4.69) is 21.9 Å². The van der Waals surface area contributed by atoms with Gasteiger partial charge in [-0.05, 0) is 19.4 Å². The van der Waals surface area contributed by atoms with Crippen molar-refractivity contribution in [1.82, 2.24) is 15.0 Å². The molecule has 5 heteroatoms. The van der Waals surface area contributed by atoms with E-state index in [1.54, 1.807) is 18.7 Å². The van der Waals surface area contributed by atoms with Gasteiger partial charge in [-0.1, -0.05) is 19.1 Å². The van der Waals surface area contributed by atoms with Crippen LogP contribution in [-0.2, 0) is 6.42 Å². The molecule has 0 bridgehead atoms. The van der Waals surface area contributed by atoms with Gasteiger partial charge in [-0.2, -0.15) is 0 Å². The van der Waals surface area contributed by atoms with Crippen molar-refractivity contribution < 1.29 is 4.74 Å². The summed E-state index contributed by atoms with van der Waals surface area (Å²) < 4.78 is 6.09. The largest absolute Gasteiger partial charge is 0.492 e. The minimum Gasteiger partial charge on any atom is -0.492 e. The van der Waals surface area contributed by atoms with E-state index in [-0.39, 0.29) is 0 Å². The molecule has 0 aliphatic rings. The molecule has 0 aromatic carbocycles. The highest BCUT2D eigenvalue weighted by Crippen LogP contribution is 2.24. The molecule has 2 rings (SSSR count). The van der Waals surface area contributed by atoms with Crippen molar-refractivity contribution in [2.24, 2.45) is 0 Å². The van der Waals surface area contributed by atoms with Gasteiger partial charge in [-0.25, -0.2) is 4.98 Å². The molecule has 1 N–H and O–H groups in total. The van der Waals surface area contributed by atoms with Gasteiger partial charge in [0, 0.05) is 17.3 Å². The quantitative estimate of drug-likeness (QED) is 0.859. The number of pyridine rings is 1. The maximum absolute atomic E-state index is 5.45. The molecule has 2 aromatic heterocycles. The highest BCUT2D eigenvalue weighted by atomic mass is 32.1. The smallest absolute Gasteiger partial charge is 0.138 e. The van der Waals surface area contributed by atoms with Gasteiger partial charge in [-0.3, -0.25) is 4.98 Å². The molecule has 0 amide bonds. The molecular weight excluding hydrogens is 246 g/mol. The zero-order valence-electron chi connectivity index (χ0n) is 10.4. The van der Waals surface area contributed by atoms with E-state index in [0.29, 0.717) is 11.2 Å². The average Bonchev–Trinajstić information content (AvgIpc) is 2.39. The van der Waals surface area contributed by atoms with E-state index < -0.39 is 0 Å². The van der Waals surface area contributed by atoms with Crippen LogP contribution in [0, 0.1) is 4.64 Å². The number of H-pyrrole nitrogens is 1. The molecular formula is C13H15N3OS. The number of ether oxygens (including phenoxy) is 1. The van der Waals surface area contributed by atoms with Gasteiger partial charge in [0.05, 0.1) is 24.8 Å². The van der Waals surface area contributed by atoms with Gasteiger partial charge in [0.25, 0.3) is 0 Å². The molecule has 2 heterocycles. The third-order valence-corrected chi connectivity index (χ3v) is 2.97. The fraction of sp³-hybridized carbons (Fsp3) is 0.308. The van der Waals surface area contributed by atoms with Crippen LogP contribution in [0.4, 0.5) is 0 Å². The fourth-order valence-corrected chi connectivity index (χ4v) is 2.11. The summed E-state index contributed by atoms with van der Waals surface area (Å²) >= 11 is 5.24. The van der Waals surface area contributed by atoms with Crippen molar-refractivity contribution in [2.75, 3.05) is 6.61 Å². The van der Waals surface area contributed by atoms with Crippen molar-refractivity contribution in [2.45, 2.75) is 20.3 Å². The van der Waals surface area contributed by atoms with Crippen LogP contribution in [0.3, 0.4) is 0 Å². The maximum atomic E-state index is 5.45. The standard InChI is InChI=1S/C13H15N3OS/c1-3-11-12(15-8-16-13(11)18)9-5-10(17-4-2)7-14-6-9/h5-8H,3-4H2,1-2H3,(H,15,16,18). The number of hydrogen-bond donors (Lipinski definition) is 1. The first-order chi connectivity index (χ1) is 8.76. The molecule has 0 aliphatic carbocycles. The van der Waals surface area contributed by atoms with Crippen LogP contribution >= 0.6 is 12.2 Å². The van der Waals surface area contributed by atoms with Crippen LogP contribution in [0.15, 0.2) is 24.8 Å². The number of aromatic amines is 1. The summed E-state index contributed by atoms with van der Waals surface area (Å²) in [5.74, 6) is 0.758. The van der Waals surface area contributed by atoms with Gasteiger partial charge in [0.2, 0.25) is 0 Å². The van der Waals surface area contributed by atoms with Crippen LogP contribution in [-0.4, -0.2) is 21.6 Å². The second-order valence-electron chi connectivity index (χ2n) is 3.76. The maximum Gasteiger partial charge on any atom is 0.138 e. The minimum absolute atomic E-state index is 0.623. The molecule has 0 saturated carbocycles. The Kier molecular flexibility index (Phi) is 4.04. The first kappa shape index (κ1) is 12.7. The van der Waals surface area contributed by atoms with Gasteiger partial charge in [0.15, 0.2) is 0 Å². The Labute approximate surface area is 111 Å². The number of nitrogens with zero attached hydrogens (tertiary/aromatic N) is 2. The zero-order valence-corrected chi connectivity index (χ0v) is 11.3. The second kappa shape index (κ2) is 5.73. The number of rotatable bonds is 4. The van der Waals surface area contributed by atoms with Crippen LogP contribution < -0.4 is 4.74 Å². The summed E-state index contributed by atoms with van der Waals surface area (Å²) in [6.45, 7) is 4.63. The predicted octanol–water partition coefficient (Wildman–Crippen LogP) is 3.16. The van der Waals surface area contributed by atoms with Gasteiger partial charge >= 0.3 is 0 Å². The SMILES string of the molecule is CCOc1cncc(-c2[nH]cnc(=S)c2CC)c1. The van der Waals surface area contributed by atoms with E-state index in [4.69, 9.17) is 17.0 Å². The molecule has 4 nitrogen and oxygen atoms in total. The molecule has 0 saturated heterocycles. The minimum atomic E-state index is 0.623. The lowest BCUT2D eigenvalue weighted by Crippen LogP contribution is -1.97. The number of nitrogens with one attached hydrogen (secondary N) is 1. The molecule has 0 unspecified atom stereocenters. The molecule has 0 radical (unpaired) electrons. The Morgan fingerprint density at radius 1 is 1.33 bits per heavy atom. The van der Waals surface area contributed by atoms with Crippen molar-refractivity contribution in [3.63, 3.8) is 0 Å². The lowest BCUT2D eigenvalue weighted by atomic mass is 10.1. The second-order valence-corrected chi connectivity index (χ2v) is 4.14. The Bertz CT molecular complexity index is 595. The van der Waals surface area contributed by atoms with Gasteiger partial charge < -0.3 is 9.72 Å². The lowest BCUT2D eigenvalue weighted by molar-refractivity contribution is 0.339. The summed E-state index contributed by atoms with van der Waals surface area (Å²) in [6.07, 6.45) is 5.94. The number of aromatic nitrogens is 3. The monoisotopic (exact) mass is 261 g/mol.